The number of nitrogens with zero attached hydrogens (tertiary/aromatic N) is 1. The first-order valence-electron chi connectivity index (χ1n) is 21.8. The van der Waals surface area contributed by atoms with Crippen molar-refractivity contribution in [1.82, 2.24) is 0 Å². The van der Waals surface area contributed by atoms with Gasteiger partial charge in [0.25, 0.3) is 0 Å². The Morgan fingerprint density at radius 3 is 1.49 bits per heavy atom. The highest BCUT2D eigenvalue weighted by Gasteiger charge is 2.50. The van der Waals surface area contributed by atoms with Gasteiger partial charge in [-0.3, -0.25) is 0 Å². The molecule has 11 aromatic rings. The maximum Gasteiger partial charge on any atom is 0.0725 e. The molecule has 13 rings (SSSR count). The molecule has 0 saturated carbocycles. The lowest BCUT2D eigenvalue weighted by Crippen LogP contribution is -2.29. The summed E-state index contributed by atoms with van der Waals surface area (Å²) in [6.45, 7) is 0. The summed E-state index contributed by atoms with van der Waals surface area (Å²) in [6.07, 6.45) is 0. The topological polar surface area (TPSA) is 3.24 Å². The van der Waals surface area contributed by atoms with Gasteiger partial charge < -0.3 is 4.90 Å². The van der Waals surface area contributed by atoms with Gasteiger partial charge in [0.1, 0.15) is 0 Å². The highest BCUT2D eigenvalue weighted by atomic mass is 32.1. The number of rotatable bonds is 5. The molecule has 10 aromatic carbocycles. The Balaban J connectivity index is 1.03. The molecule has 2 aliphatic carbocycles. The second-order valence-corrected chi connectivity index (χ2v) is 17.8. The number of para-hydroxylation sites is 1. The molecule has 1 aromatic heterocycles. The largest absolute Gasteiger partial charge is 0.310 e. The molecular formula is C61H39NS. The standard InChI is InChI=1S/C61H39NS/c1-3-15-40(16-4-1)41-27-29-42(30-28-41)43-31-33-45(34-32-43)62(44-17-5-2-6-18-44)46-35-36-55-52(39-46)48-20-8-7-19-47(48)49-21-9-12-24-53(49)61(55)54-25-13-10-22-50(54)59-56(61)37-38-58-60(59)51-23-11-14-26-57(51)63-58/h1-39H. The fraction of sp³-hybridized carbons (Fsp3) is 0.0164. The van der Waals surface area contributed by atoms with E-state index in [9.17, 15) is 0 Å². The summed E-state index contributed by atoms with van der Waals surface area (Å²) in [7, 11) is 0. The van der Waals surface area contributed by atoms with Crippen LogP contribution in [0.5, 0.6) is 0 Å². The van der Waals surface area contributed by atoms with Crippen molar-refractivity contribution in [2.24, 2.45) is 0 Å². The normalized spacial score (nSPS) is 14.4. The Hall–Kier alpha value is -7.78. The van der Waals surface area contributed by atoms with Gasteiger partial charge in [0.2, 0.25) is 0 Å². The van der Waals surface area contributed by atoms with Gasteiger partial charge in [-0.05, 0) is 126 Å². The molecule has 1 nitrogen and oxygen atoms in total. The van der Waals surface area contributed by atoms with Crippen LogP contribution in [0.2, 0.25) is 0 Å². The summed E-state index contributed by atoms with van der Waals surface area (Å²) in [5.41, 5.74) is 20.6. The van der Waals surface area contributed by atoms with Crippen molar-refractivity contribution in [3.8, 4) is 55.6 Å². The zero-order chi connectivity index (χ0) is 41.5. The summed E-state index contributed by atoms with van der Waals surface area (Å²) in [4.78, 5) is 2.41. The molecule has 1 heterocycles. The molecule has 1 spiro atoms. The van der Waals surface area contributed by atoms with Gasteiger partial charge in [0, 0.05) is 37.2 Å². The van der Waals surface area contributed by atoms with Crippen LogP contribution in [0.4, 0.5) is 17.1 Å². The molecule has 0 N–H and O–H groups in total. The molecule has 1 atom stereocenters. The van der Waals surface area contributed by atoms with Gasteiger partial charge in [-0.2, -0.15) is 0 Å². The van der Waals surface area contributed by atoms with Crippen LogP contribution in [0, 0.1) is 0 Å². The maximum absolute atomic E-state index is 2.46. The molecule has 0 aliphatic heterocycles. The quantitative estimate of drug-likeness (QED) is 0.167. The van der Waals surface area contributed by atoms with Crippen molar-refractivity contribution in [3.05, 3.63) is 259 Å². The van der Waals surface area contributed by atoms with Crippen LogP contribution in [0.25, 0.3) is 75.8 Å². The molecule has 0 saturated heterocycles. The highest BCUT2D eigenvalue weighted by molar-refractivity contribution is 7.26. The van der Waals surface area contributed by atoms with E-state index < -0.39 is 5.41 Å². The van der Waals surface area contributed by atoms with Crippen molar-refractivity contribution < 1.29 is 0 Å². The Morgan fingerprint density at radius 2 is 0.778 bits per heavy atom. The van der Waals surface area contributed by atoms with Crippen LogP contribution < -0.4 is 4.90 Å². The third-order valence-corrected chi connectivity index (χ3v) is 14.7. The van der Waals surface area contributed by atoms with Crippen LogP contribution in [0.3, 0.4) is 0 Å². The van der Waals surface area contributed by atoms with Gasteiger partial charge in [-0.1, -0.05) is 188 Å². The van der Waals surface area contributed by atoms with Crippen LogP contribution in [0.1, 0.15) is 22.3 Å². The Labute approximate surface area is 371 Å². The summed E-state index contributed by atoms with van der Waals surface area (Å²) in [6, 6.07) is 87.8. The van der Waals surface area contributed by atoms with Gasteiger partial charge in [-0.25, -0.2) is 0 Å². The summed E-state index contributed by atoms with van der Waals surface area (Å²) in [5.74, 6) is 0. The van der Waals surface area contributed by atoms with Gasteiger partial charge in [0.15, 0.2) is 0 Å². The number of hydrogen-bond donors (Lipinski definition) is 0. The van der Waals surface area contributed by atoms with Gasteiger partial charge in [0.05, 0.1) is 5.41 Å². The van der Waals surface area contributed by atoms with Crippen LogP contribution >= 0.6 is 11.3 Å². The van der Waals surface area contributed by atoms with Crippen molar-refractivity contribution >= 4 is 48.6 Å². The zero-order valence-electron chi connectivity index (χ0n) is 34.4. The monoisotopic (exact) mass is 817 g/mol. The highest BCUT2D eigenvalue weighted by Crippen LogP contribution is 2.63. The average Bonchev–Trinajstić information content (AvgIpc) is 3.85. The fourth-order valence-electron chi connectivity index (χ4n) is 10.8. The van der Waals surface area contributed by atoms with E-state index in [2.05, 4.69) is 241 Å². The third kappa shape index (κ3) is 5.35. The number of hydrogen-bond acceptors (Lipinski definition) is 2. The van der Waals surface area contributed by atoms with Crippen molar-refractivity contribution in [3.63, 3.8) is 0 Å². The Morgan fingerprint density at radius 1 is 0.302 bits per heavy atom. The lowest BCUT2D eigenvalue weighted by atomic mass is 9.66. The number of fused-ring (bicyclic) bond motifs is 16. The maximum atomic E-state index is 2.46. The molecule has 63 heavy (non-hydrogen) atoms. The number of benzene rings is 10. The van der Waals surface area contributed by atoms with Gasteiger partial charge in [-0.15, -0.1) is 11.3 Å². The second kappa shape index (κ2) is 14.1. The first-order chi connectivity index (χ1) is 31.3. The Bertz CT molecular complexity index is 3550. The van der Waals surface area contributed by atoms with E-state index in [1.165, 1.54) is 98.1 Å². The average molecular weight is 818 g/mol. The summed E-state index contributed by atoms with van der Waals surface area (Å²) < 4.78 is 2.66. The molecular weight excluding hydrogens is 779 g/mol. The SMILES string of the molecule is c1ccc(-c2ccc(-c3ccc(N(c4ccccc4)c4ccc5c(c4)-c4ccccc4-c4ccccc4C54c5ccccc5-c5c4ccc4sc6ccccc6c54)cc3)cc2)cc1. The minimum absolute atomic E-state index is 0.568. The number of thiophene rings is 1. The minimum Gasteiger partial charge on any atom is -0.310 e. The lowest BCUT2D eigenvalue weighted by molar-refractivity contribution is 0.776. The van der Waals surface area contributed by atoms with E-state index in [1.54, 1.807) is 0 Å². The number of anilines is 3. The van der Waals surface area contributed by atoms with Crippen molar-refractivity contribution in [2.75, 3.05) is 4.90 Å². The van der Waals surface area contributed by atoms with Crippen LogP contribution in [0.15, 0.2) is 237 Å². The van der Waals surface area contributed by atoms with E-state index in [1.807, 2.05) is 11.3 Å². The third-order valence-electron chi connectivity index (χ3n) is 13.5. The summed E-state index contributed by atoms with van der Waals surface area (Å²) in [5, 5.41) is 2.69. The molecule has 2 heteroatoms. The molecule has 0 radical (unpaired) electrons. The molecule has 0 amide bonds. The summed E-state index contributed by atoms with van der Waals surface area (Å²) >= 11 is 1.90. The van der Waals surface area contributed by atoms with E-state index in [4.69, 9.17) is 0 Å². The van der Waals surface area contributed by atoms with Crippen molar-refractivity contribution in [2.45, 2.75) is 5.41 Å². The minimum atomic E-state index is -0.568. The Kier molecular flexibility index (Phi) is 8.06. The van der Waals surface area contributed by atoms with Crippen LogP contribution in [-0.4, -0.2) is 0 Å². The second-order valence-electron chi connectivity index (χ2n) is 16.7. The zero-order valence-corrected chi connectivity index (χ0v) is 35.2. The molecule has 0 bridgehead atoms. The van der Waals surface area contributed by atoms with E-state index in [-0.39, 0.29) is 0 Å². The molecule has 294 valence electrons. The smallest absolute Gasteiger partial charge is 0.0725 e. The fourth-order valence-corrected chi connectivity index (χ4v) is 12.0. The molecule has 0 fully saturated rings. The van der Waals surface area contributed by atoms with E-state index >= 15 is 0 Å². The lowest BCUT2D eigenvalue weighted by Gasteiger charge is -2.36. The van der Waals surface area contributed by atoms with Crippen LogP contribution in [-0.2, 0) is 5.41 Å². The predicted molar refractivity (Wildman–Crippen MR) is 267 cm³/mol. The van der Waals surface area contributed by atoms with Crippen molar-refractivity contribution in [1.29, 1.82) is 0 Å². The van der Waals surface area contributed by atoms with E-state index in [0.29, 0.717) is 0 Å². The van der Waals surface area contributed by atoms with E-state index in [0.717, 1.165) is 17.1 Å². The van der Waals surface area contributed by atoms with Gasteiger partial charge >= 0.3 is 0 Å². The molecule has 2 aliphatic rings. The first-order valence-corrected chi connectivity index (χ1v) is 22.6. The predicted octanol–water partition coefficient (Wildman–Crippen LogP) is 16.9. The molecule has 1 unspecified atom stereocenters. The first kappa shape index (κ1) is 35.9.